The summed E-state index contributed by atoms with van der Waals surface area (Å²) in [5.41, 5.74) is 0.0336. The first kappa shape index (κ1) is 11.8. The highest BCUT2D eigenvalue weighted by Crippen LogP contribution is 2.26. The summed E-state index contributed by atoms with van der Waals surface area (Å²) in [6.07, 6.45) is 1.01. The molecule has 15 heavy (non-hydrogen) atoms. The van der Waals surface area contributed by atoms with E-state index in [1.165, 1.54) is 6.92 Å². The number of carbonyl (C=O) groups is 1. The Balaban J connectivity index is 2.92. The zero-order valence-electron chi connectivity index (χ0n) is 10.1. The van der Waals surface area contributed by atoms with Crippen molar-refractivity contribution in [3.63, 3.8) is 0 Å². The van der Waals surface area contributed by atoms with Crippen molar-refractivity contribution in [2.24, 2.45) is 0 Å². The average molecular weight is 209 g/mol. The number of anilines is 1. The first-order chi connectivity index (χ1) is 6.88. The van der Waals surface area contributed by atoms with Gasteiger partial charge in [-0.2, -0.15) is 0 Å². The van der Waals surface area contributed by atoms with Crippen molar-refractivity contribution < 1.29 is 9.21 Å². The fraction of sp³-hybridized carbons (Fsp3) is 0.583. The number of nitrogens with zero attached hydrogens (tertiary/aromatic N) is 1. The fourth-order valence-corrected chi connectivity index (χ4v) is 1.23. The Morgan fingerprint density at radius 2 is 2.07 bits per heavy atom. The highest BCUT2D eigenvalue weighted by molar-refractivity contribution is 5.91. The third-order valence-electron chi connectivity index (χ3n) is 3.04. The summed E-state index contributed by atoms with van der Waals surface area (Å²) in [5, 5.41) is 0. The monoisotopic (exact) mass is 209 g/mol. The molecule has 0 N–H and O–H groups in total. The van der Waals surface area contributed by atoms with Crippen LogP contribution in [-0.4, -0.2) is 18.4 Å². The standard InChI is InChI=1S/C12H19NO2/c1-6-12(3,4)13(5)11-8-7-10(15-11)9(2)14/h7-8H,6H2,1-5H3. The normalized spacial score (nSPS) is 11.5. The molecule has 0 aliphatic heterocycles. The summed E-state index contributed by atoms with van der Waals surface area (Å²) in [5.74, 6) is 1.12. The Bertz CT molecular complexity index is 352. The van der Waals surface area contributed by atoms with Crippen LogP contribution in [0.2, 0.25) is 0 Å². The topological polar surface area (TPSA) is 33.5 Å². The van der Waals surface area contributed by atoms with Gasteiger partial charge in [-0.1, -0.05) is 6.92 Å². The van der Waals surface area contributed by atoms with Crippen molar-refractivity contribution in [1.29, 1.82) is 0 Å². The van der Waals surface area contributed by atoms with Gasteiger partial charge in [0.25, 0.3) is 0 Å². The van der Waals surface area contributed by atoms with E-state index < -0.39 is 0 Å². The SMILES string of the molecule is CCC(C)(C)N(C)c1ccc(C(C)=O)o1. The number of Topliss-reactive ketones (excluding diaryl/α,β-unsaturated/α-hetero) is 1. The molecule has 1 rings (SSSR count). The smallest absolute Gasteiger partial charge is 0.196 e. The van der Waals surface area contributed by atoms with Crippen LogP contribution in [0.15, 0.2) is 16.5 Å². The number of hydrogen-bond donors (Lipinski definition) is 0. The minimum Gasteiger partial charge on any atom is -0.437 e. The molecule has 0 saturated carbocycles. The van der Waals surface area contributed by atoms with Crippen LogP contribution in [-0.2, 0) is 0 Å². The van der Waals surface area contributed by atoms with Crippen LogP contribution < -0.4 is 4.90 Å². The molecular formula is C12H19NO2. The second-order valence-corrected chi connectivity index (χ2v) is 4.42. The zero-order chi connectivity index (χ0) is 11.6. The van der Waals surface area contributed by atoms with E-state index in [0.29, 0.717) is 5.76 Å². The van der Waals surface area contributed by atoms with Crippen molar-refractivity contribution in [1.82, 2.24) is 0 Å². The van der Waals surface area contributed by atoms with Crippen LogP contribution in [0.5, 0.6) is 0 Å². The predicted molar refractivity (Wildman–Crippen MR) is 61.5 cm³/mol. The maximum absolute atomic E-state index is 11.1. The number of rotatable bonds is 4. The minimum atomic E-state index is -0.0380. The summed E-state index contributed by atoms with van der Waals surface area (Å²) in [7, 11) is 1.98. The Hall–Kier alpha value is -1.25. The minimum absolute atomic E-state index is 0.0336. The van der Waals surface area contributed by atoms with Crippen LogP contribution in [0.4, 0.5) is 5.88 Å². The number of hydrogen-bond acceptors (Lipinski definition) is 3. The van der Waals surface area contributed by atoms with Gasteiger partial charge in [-0.3, -0.25) is 4.79 Å². The zero-order valence-corrected chi connectivity index (χ0v) is 10.1. The van der Waals surface area contributed by atoms with E-state index in [1.54, 1.807) is 6.07 Å². The van der Waals surface area contributed by atoms with E-state index in [-0.39, 0.29) is 11.3 Å². The van der Waals surface area contributed by atoms with E-state index in [4.69, 9.17) is 4.42 Å². The van der Waals surface area contributed by atoms with Crippen LogP contribution in [0.1, 0.15) is 44.7 Å². The van der Waals surface area contributed by atoms with Gasteiger partial charge < -0.3 is 9.32 Å². The number of carbonyl (C=O) groups excluding carboxylic acids is 1. The molecule has 0 bridgehead atoms. The summed E-state index contributed by atoms with van der Waals surface area (Å²) in [6.45, 7) is 7.92. The number of ketones is 1. The average Bonchev–Trinajstić information content (AvgIpc) is 2.65. The van der Waals surface area contributed by atoms with Gasteiger partial charge in [-0.05, 0) is 26.3 Å². The van der Waals surface area contributed by atoms with Crippen molar-refractivity contribution in [3.8, 4) is 0 Å². The molecule has 1 aromatic rings. The van der Waals surface area contributed by atoms with Crippen molar-refractivity contribution in [2.45, 2.75) is 39.7 Å². The van der Waals surface area contributed by atoms with E-state index in [1.807, 2.05) is 13.1 Å². The maximum Gasteiger partial charge on any atom is 0.196 e. The van der Waals surface area contributed by atoms with Gasteiger partial charge >= 0.3 is 0 Å². The molecular weight excluding hydrogens is 190 g/mol. The van der Waals surface area contributed by atoms with Crippen LogP contribution >= 0.6 is 0 Å². The molecule has 0 aliphatic rings. The molecule has 0 aliphatic carbocycles. The molecule has 0 radical (unpaired) electrons. The Labute approximate surface area is 91.1 Å². The molecule has 0 aromatic carbocycles. The Morgan fingerprint density at radius 3 is 2.47 bits per heavy atom. The lowest BCUT2D eigenvalue weighted by molar-refractivity contribution is 0.0987. The predicted octanol–water partition coefficient (Wildman–Crippen LogP) is 3.11. The van der Waals surface area contributed by atoms with Crippen molar-refractivity contribution in [2.75, 3.05) is 11.9 Å². The molecule has 3 heteroatoms. The quantitative estimate of drug-likeness (QED) is 0.714. The molecule has 84 valence electrons. The van der Waals surface area contributed by atoms with Gasteiger partial charge in [0.15, 0.2) is 17.4 Å². The first-order valence-electron chi connectivity index (χ1n) is 5.23. The van der Waals surface area contributed by atoms with Gasteiger partial charge in [0.05, 0.1) is 0 Å². The molecule has 1 aromatic heterocycles. The van der Waals surface area contributed by atoms with Crippen molar-refractivity contribution in [3.05, 3.63) is 17.9 Å². The fourth-order valence-electron chi connectivity index (χ4n) is 1.23. The molecule has 0 atom stereocenters. The molecule has 0 fully saturated rings. The molecule has 0 saturated heterocycles. The summed E-state index contributed by atoms with van der Waals surface area (Å²) in [6, 6.07) is 3.56. The lowest BCUT2D eigenvalue weighted by Gasteiger charge is -2.34. The largest absolute Gasteiger partial charge is 0.437 e. The molecule has 3 nitrogen and oxygen atoms in total. The van der Waals surface area contributed by atoms with Gasteiger partial charge in [0.1, 0.15) is 0 Å². The lowest BCUT2D eigenvalue weighted by atomic mass is 10.0. The lowest BCUT2D eigenvalue weighted by Crippen LogP contribution is -2.40. The molecule has 0 unspecified atom stereocenters. The molecule has 1 heterocycles. The van der Waals surface area contributed by atoms with Crippen LogP contribution in [0.3, 0.4) is 0 Å². The van der Waals surface area contributed by atoms with Gasteiger partial charge in [-0.25, -0.2) is 0 Å². The first-order valence-corrected chi connectivity index (χ1v) is 5.23. The van der Waals surface area contributed by atoms with Gasteiger partial charge in [-0.15, -0.1) is 0 Å². The van der Waals surface area contributed by atoms with E-state index in [2.05, 4.69) is 25.7 Å². The molecule has 0 amide bonds. The van der Waals surface area contributed by atoms with Crippen molar-refractivity contribution >= 4 is 11.7 Å². The second-order valence-electron chi connectivity index (χ2n) is 4.42. The van der Waals surface area contributed by atoms with Crippen LogP contribution in [0.25, 0.3) is 0 Å². The second kappa shape index (κ2) is 4.09. The number of furan rings is 1. The maximum atomic E-state index is 11.1. The van der Waals surface area contributed by atoms with E-state index in [0.717, 1.165) is 12.3 Å². The summed E-state index contributed by atoms with van der Waals surface area (Å²) >= 11 is 0. The Morgan fingerprint density at radius 1 is 1.47 bits per heavy atom. The third kappa shape index (κ3) is 2.41. The third-order valence-corrected chi connectivity index (χ3v) is 3.04. The summed E-state index contributed by atoms with van der Waals surface area (Å²) in [4.78, 5) is 13.1. The van der Waals surface area contributed by atoms with E-state index >= 15 is 0 Å². The van der Waals surface area contributed by atoms with Gasteiger partial charge in [0, 0.05) is 25.6 Å². The van der Waals surface area contributed by atoms with Gasteiger partial charge in [0.2, 0.25) is 0 Å². The highest BCUT2D eigenvalue weighted by Gasteiger charge is 2.24. The summed E-state index contributed by atoms with van der Waals surface area (Å²) < 4.78 is 5.47. The Kier molecular flexibility index (Phi) is 3.22. The molecule has 0 spiro atoms. The highest BCUT2D eigenvalue weighted by atomic mass is 16.4. The van der Waals surface area contributed by atoms with Crippen LogP contribution in [0, 0.1) is 0 Å². The van der Waals surface area contributed by atoms with E-state index in [9.17, 15) is 4.79 Å².